The molecule has 0 radical (unpaired) electrons. The summed E-state index contributed by atoms with van der Waals surface area (Å²) < 4.78 is 11.2. The number of rotatable bonds is 6. The molecule has 2 rings (SSSR count). The maximum atomic E-state index is 12.5. The van der Waals surface area contributed by atoms with E-state index in [0.29, 0.717) is 11.0 Å². The number of esters is 2. The lowest BCUT2D eigenvalue weighted by molar-refractivity contribution is -0.142. The van der Waals surface area contributed by atoms with E-state index in [2.05, 4.69) is 9.72 Å². The van der Waals surface area contributed by atoms with Gasteiger partial charge < -0.3 is 19.8 Å². The highest BCUT2D eigenvalue weighted by atomic mass is 16.5. The van der Waals surface area contributed by atoms with E-state index >= 15 is 0 Å². The van der Waals surface area contributed by atoms with Crippen LogP contribution in [0, 0.1) is 6.92 Å². The highest BCUT2D eigenvalue weighted by Crippen LogP contribution is 2.13. The van der Waals surface area contributed by atoms with Crippen molar-refractivity contribution in [2.24, 2.45) is 5.73 Å². The first-order chi connectivity index (χ1) is 11.9. The number of hydrogen-bond acceptors (Lipinski definition) is 7. The molecule has 0 aliphatic heterocycles. The largest absolute Gasteiger partial charge is 0.468 e. The van der Waals surface area contributed by atoms with Crippen LogP contribution in [0.3, 0.4) is 0 Å². The van der Waals surface area contributed by atoms with Crippen LogP contribution in [0.4, 0.5) is 0 Å². The minimum atomic E-state index is -0.810. The first-order valence-electron chi connectivity index (χ1n) is 7.90. The van der Waals surface area contributed by atoms with Crippen molar-refractivity contribution in [1.82, 2.24) is 9.55 Å². The lowest BCUT2D eigenvalue weighted by Crippen LogP contribution is -2.33. The maximum Gasteiger partial charge on any atom is 0.343 e. The standard InChI is InChI=1S/C17H21N3O5/c1-4-25-16(22)12-9-20(8-7-13(18)17(23)24-3)15-11(14(12)21)6-5-10(2)19-15/h5-6,9,13H,4,7-8,18H2,1-3H3. The Balaban J connectivity index is 2.50. The third kappa shape index (κ3) is 4.03. The second-order valence-corrected chi connectivity index (χ2v) is 5.53. The first-order valence-corrected chi connectivity index (χ1v) is 7.90. The molecule has 2 aromatic rings. The smallest absolute Gasteiger partial charge is 0.343 e. The second kappa shape index (κ2) is 7.89. The van der Waals surface area contributed by atoms with Gasteiger partial charge in [-0.2, -0.15) is 0 Å². The molecular formula is C17H21N3O5. The molecule has 134 valence electrons. The summed E-state index contributed by atoms with van der Waals surface area (Å²) in [6.45, 7) is 3.91. The van der Waals surface area contributed by atoms with Gasteiger partial charge in [-0.3, -0.25) is 9.59 Å². The van der Waals surface area contributed by atoms with Crippen LogP contribution >= 0.6 is 0 Å². The molecule has 25 heavy (non-hydrogen) atoms. The predicted molar refractivity (Wildman–Crippen MR) is 91.3 cm³/mol. The fourth-order valence-electron chi connectivity index (χ4n) is 2.43. The minimum Gasteiger partial charge on any atom is -0.468 e. The third-order valence-corrected chi connectivity index (χ3v) is 3.74. The van der Waals surface area contributed by atoms with Crippen molar-refractivity contribution in [3.8, 4) is 0 Å². The molecule has 1 atom stereocenters. The summed E-state index contributed by atoms with van der Waals surface area (Å²) in [6, 6.07) is 2.51. The van der Waals surface area contributed by atoms with Gasteiger partial charge in [-0.25, -0.2) is 9.78 Å². The number of nitrogens with zero attached hydrogens (tertiary/aromatic N) is 2. The van der Waals surface area contributed by atoms with Crippen LogP contribution in [-0.2, 0) is 20.8 Å². The SMILES string of the molecule is CCOC(=O)c1cn(CCC(N)C(=O)OC)c2nc(C)ccc2c1=O. The van der Waals surface area contributed by atoms with Crippen LogP contribution in [0.15, 0.2) is 23.1 Å². The van der Waals surface area contributed by atoms with Gasteiger partial charge in [-0.05, 0) is 32.4 Å². The molecule has 0 aliphatic rings. The number of fused-ring (bicyclic) bond motifs is 1. The number of aromatic nitrogens is 2. The Morgan fingerprint density at radius 3 is 2.72 bits per heavy atom. The van der Waals surface area contributed by atoms with Crippen molar-refractivity contribution in [1.29, 1.82) is 0 Å². The third-order valence-electron chi connectivity index (χ3n) is 3.74. The van der Waals surface area contributed by atoms with E-state index in [0.717, 1.165) is 5.69 Å². The Labute approximate surface area is 144 Å². The number of aryl methyl sites for hydroxylation is 2. The monoisotopic (exact) mass is 347 g/mol. The zero-order valence-corrected chi connectivity index (χ0v) is 14.4. The van der Waals surface area contributed by atoms with E-state index in [9.17, 15) is 14.4 Å². The van der Waals surface area contributed by atoms with Crippen LogP contribution < -0.4 is 11.2 Å². The van der Waals surface area contributed by atoms with Gasteiger partial charge in [0.2, 0.25) is 5.43 Å². The predicted octanol–water partition coefficient (Wildman–Crippen LogP) is 0.772. The van der Waals surface area contributed by atoms with Gasteiger partial charge in [-0.15, -0.1) is 0 Å². The molecule has 2 N–H and O–H groups in total. The molecule has 0 saturated heterocycles. The van der Waals surface area contributed by atoms with Gasteiger partial charge in [0.05, 0.1) is 19.1 Å². The molecule has 2 aromatic heterocycles. The summed E-state index contributed by atoms with van der Waals surface area (Å²) in [7, 11) is 1.26. The molecule has 0 aromatic carbocycles. The normalized spacial score (nSPS) is 12.0. The zero-order valence-electron chi connectivity index (χ0n) is 14.4. The summed E-state index contributed by atoms with van der Waals surface area (Å²) in [6.07, 6.45) is 1.67. The average Bonchev–Trinajstić information content (AvgIpc) is 2.60. The van der Waals surface area contributed by atoms with E-state index in [-0.39, 0.29) is 25.1 Å². The molecule has 0 fully saturated rings. The fourth-order valence-corrected chi connectivity index (χ4v) is 2.43. The first kappa shape index (κ1) is 18.6. The maximum absolute atomic E-state index is 12.5. The second-order valence-electron chi connectivity index (χ2n) is 5.53. The molecule has 2 heterocycles. The van der Waals surface area contributed by atoms with Crippen LogP contribution in [0.25, 0.3) is 11.0 Å². The Kier molecular flexibility index (Phi) is 5.87. The Bertz CT molecular complexity index is 859. The van der Waals surface area contributed by atoms with Crippen molar-refractivity contribution in [3.05, 3.63) is 39.8 Å². The van der Waals surface area contributed by atoms with Crippen molar-refractivity contribution < 1.29 is 19.1 Å². The fraction of sp³-hybridized carbons (Fsp3) is 0.412. The van der Waals surface area contributed by atoms with Gasteiger partial charge in [0.25, 0.3) is 0 Å². The molecule has 0 spiro atoms. The number of hydrogen-bond donors (Lipinski definition) is 1. The zero-order chi connectivity index (χ0) is 18.6. The summed E-state index contributed by atoms with van der Waals surface area (Å²) in [5, 5.41) is 0.308. The van der Waals surface area contributed by atoms with Gasteiger partial charge in [0.15, 0.2) is 0 Å². The van der Waals surface area contributed by atoms with Crippen molar-refractivity contribution >= 4 is 23.0 Å². The van der Waals surface area contributed by atoms with E-state index in [1.54, 1.807) is 30.5 Å². The summed E-state index contributed by atoms with van der Waals surface area (Å²) in [5.74, 6) is -1.22. The highest BCUT2D eigenvalue weighted by molar-refractivity contribution is 5.93. The Morgan fingerprint density at radius 1 is 1.36 bits per heavy atom. The number of carbonyl (C=O) groups excluding carboxylic acids is 2. The van der Waals surface area contributed by atoms with Crippen molar-refractivity contribution in [2.75, 3.05) is 13.7 Å². The molecule has 1 unspecified atom stereocenters. The van der Waals surface area contributed by atoms with Crippen LogP contribution in [0.2, 0.25) is 0 Å². The molecule has 0 amide bonds. The lowest BCUT2D eigenvalue weighted by Gasteiger charge is -2.15. The van der Waals surface area contributed by atoms with Gasteiger partial charge in [-0.1, -0.05) is 0 Å². The summed E-state index contributed by atoms with van der Waals surface area (Å²) >= 11 is 0. The summed E-state index contributed by atoms with van der Waals surface area (Å²) in [5.41, 5.74) is 6.40. The average molecular weight is 347 g/mol. The molecule has 8 heteroatoms. The van der Waals surface area contributed by atoms with Gasteiger partial charge >= 0.3 is 11.9 Å². The van der Waals surface area contributed by atoms with E-state index < -0.39 is 23.4 Å². The highest BCUT2D eigenvalue weighted by Gasteiger charge is 2.19. The van der Waals surface area contributed by atoms with E-state index in [1.165, 1.54) is 13.3 Å². The van der Waals surface area contributed by atoms with Gasteiger partial charge in [0, 0.05) is 18.4 Å². The number of nitrogens with two attached hydrogens (primary N) is 1. The van der Waals surface area contributed by atoms with E-state index in [1.807, 2.05) is 0 Å². The van der Waals surface area contributed by atoms with Crippen LogP contribution in [0.5, 0.6) is 0 Å². The lowest BCUT2D eigenvalue weighted by atomic mass is 10.1. The molecule has 8 nitrogen and oxygen atoms in total. The number of ether oxygens (including phenoxy) is 2. The van der Waals surface area contributed by atoms with Crippen molar-refractivity contribution in [3.63, 3.8) is 0 Å². The van der Waals surface area contributed by atoms with Gasteiger partial charge in [0.1, 0.15) is 17.3 Å². The topological polar surface area (TPSA) is 114 Å². The minimum absolute atomic E-state index is 0.0772. The van der Waals surface area contributed by atoms with Crippen LogP contribution in [-0.4, -0.2) is 41.2 Å². The van der Waals surface area contributed by atoms with Crippen LogP contribution in [0.1, 0.15) is 29.4 Å². The number of pyridine rings is 2. The molecule has 0 saturated carbocycles. The molecule has 0 aliphatic carbocycles. The Hall–Kier alpha value is -2.74. The summed E-state index contributed by atoms with van der Waals surface area (Å²) in [4.78, 5) is 40.5. The van der Waals surface area contributed by atoms with E-state index in [4.69, 9.17) is 10.5 Å². The van der Waals surface area contributed by atoms with Crippen molar-refractivity contribution in [2.45, 2.75) is 32.9 Å². The molecular weight excluding hydrogens is 326 g/mol. The number of carbonyl (C=O) groups is 2. The quantitative estimate of drug-likeness (QED) is 0.768. The molecule has 0 bridgehead atoms. The number of methoxy groups -OCH3 is 1. The Morgan fingerprint density at radius 2 is 2.08 bits per heavy atom.